The maximum Gasteiger partial charge on any atom is 0.170 e. The van der Waals surface area contributed by atoms with Gasteiger partial charge in [0.05, 0.1) is 5.69 Å². The van der Waals surface area contributed by atoms with Crippen LogP contribution in [-0.2, 0) is 5.41 Å². The summed E-state index contributed by atoms with van der Waals surface area (Å²) in [6, 6.07) is 51.3. The Morgan fingerprint density at radius 3 is 1.87 bits per heavy atom. The lowest BCUT2D eigenvalue weighted by Crippen LogP contribution is -2.15. The molecule has 0 N–H and O–H groups in total. The van der Waals surface area contributed by atoms with E-state index in [0.717, 1.165) is 44.8 Å². The molecule has 2 aromatic heterocycles. The van der Waals surface area contributed by atoms with Crippen LogP contribution in [0.2, 0.25) is 0 Å². The SMILES string of the molecule is CC1(C)c2ccccc2-c2cc3c(cc21)Oc1ccc(-c2ccccc2-c2nc(-c4ccccc4)nc(-c4cccc(-c5ccccn5)c4)n2)cc1O3. The lowest BCUT2D eigenvalue weighted by molar-refractivity contribution is 0.359. The van der Waals surface area contributed by atoms with Crippen molar-refractivity contribution in [1.82, 2.24) is 19.9 Å². The quantitative estimate of drug-likeness (QED) is 0.180. The van der Waals surface area contributed by atoms with Gasteiger partial charge in [0.2, 0.25) is 0 Å². The van der Waals surface area contributed by atoms with Crippen LogP contribution < -0.4 is 9.47 Å². The van der Waals surface area contributed by atoms with Gasteiger partial charge in [-0.1, -0.05) is 123 Å². The Kier molecular flexibility index (Phi) is 7.05. The molecule has 0 saturated heterocycles. The third-order valence-electron chi connectivity index (χ3n) is 10.3. The van der Waals surface area contributed by atoms with Crippen LogP contribution in [0.25, 0.3) is 67.7 Å². The van der Waals surface area contributed by atoms with E-state index < -0.39 is 0 Å². The lowest BCUT2D eigenvalue weighted by Gasteiger charge is -2.25. The Morgan fingerprint density at radius 2 is 1.04 bits per heavy atom. The molecule has 0 amide bonds. The Hall–Kier alpha value is -6.92. The predicted molar refractivity (Wildman–Crippen MR) is 209 cm³/mol. The minimum absolute atomic E-state index is 0.130. The maximum atomic E-state index is 6.62. The van der Waals surface area contributed by atoms with Gasteiger partial charge in [0, 0.05) is 33.9 Å². The van der Waals surface area contributed by atoms with E-state index in [0.29, 0.717) is 34.7 Å². The van der Waals surface area contributed by atoms with Crippen molar-refractivity contribution in [2.24, 2.45) is 0 Å². The van der Waals surface area contributed by atoms with Gasteiger partial charge >= 0.3 is 0 Å². The maximum absolute atomic E-state index is 6.62. The first-order valence-electron chi connectivity index (χ1n) is 17.7. The molecule has 6 nitrogen and oxygen atoms in total. The highest BCUT2D eigenvalue weighted by molar-refractivity contribution is 5.85. The summed E-state index contributed by atoms with van der Waals surface area (Å²) in [7, 11) is 0. The Labute approximate surface area is 307 Å². The van der Waals surface area contributed by atoms with Gasteiger partial charge in [0.15, 0.2) is 40.5 Å². The average Bonchev–Trinajstić information content (AvgIpc) is 3.44. The highest BCUT2D eigenvalue weighted by Crippen LogP contribution is 2.55. The standard InChI is InChI=1S/C47H32N4O2/c1-47(2)37-20-9-8-18-34(37)36-27-42-43(28-38(36)47)52-40-23-22-30(26-41(40)53-42)33-17-6-7-19-35(33)46-50-44(29-13-4-3-5-14-29)49-45(51-46)32-16-12-15-31(25-32)39-21-10-11-24-48-39/h3-28H,1-2H3. The van der Waals surface area contributed by atoms with E-state index in [2.05, 4.69) is 85.6 Å². The van der Waals surface area contributed by atoms with Gasteiger partial charge in [-0.25, -0.2) is 15.0 Å². The molecule has 252 valence electrons. The summed E-state index contributed by atoms with van der Waals surface area (Å²) in [5.41, 5.74) is 11.3. The number of fused-ring (bicyclic) bond motifs is 5. The summed E-state index contributed by atoms with van der Waals surface area (Å²) in [5.74, 6) is 4.51. The van der Waals surface area contributed by atoms with Crippen molar-refractivity contribution in [3.8, 4) is 90.7 Å². The molecule has 10 rings (SSSR count). The smallest absolute Gasteiger partial charge is 0.170 e. The monoisotopic (exact) mass is 684 g/mol. The zero-order chi connectivity index (χ0) is 35.5. The molecule has 6 aromatic carbocycles. The first-order chi connectivity index (χ1) is 26.0. The van der Waals surface area contributed by atoms with E-state index in [1.807, 2.05) is 84.9 Å². The molecule has 0 unspecified atom stereocenters. The molecule has 6 heteroatoms. The van der Waals surface area contributed by atoms with Crippen LogP contribution in [0.5, 0.6) is 23.0 Å². The summed E-state index contributed by atoms with van der Waals surface area (Å²) < 4.78 is 13.1. The number of benzene rings is 6. The van der Waals surface area contributed by atoms with Gasteiger partial charge in [-0.05, 0) is 75.8 Å². The summed E-state index contributed by atoms with van der Waals surface area (Å²) in [6.07, 6.45) is 1.80. The number of ether oxygens (including phenoxy) is 2. The van der Waals surface area contributed by atoms with Crippen LogP contribution in [0, 0.1) is 0 Å². The minimum atomic E-state index is -0.130. The van der Waals surface area contributed by atoms with Gasteiger partial charge in [-0.3, -0.25) is 4.98 Å². The molecule has 0 spiro atoms. The van der Waals surface area contributed by atoms with Gasteiger partial charge in [0.1, 0.15) is 0 Å². The Morgan fingerprint density at radius 1 is 0.396 bits per heavy atom. The molecule has 1 aliphatic carbocycles. The first kappa shape index (κ1) is 30.9. The third-order valence-corrected chi connectivity index (χ3v) is 10.3. The average molecular weight is 685 g/mol. The summed E-state index contributed by atoms with van der Waals surface area (Å²) in [4.78, 5) is 19.7. The number of rotatable bonds is 5. The third kappa shape index (κ3) is 5.26. The molecule has 8 aromatic rings. The van der Waals surface area contributed by atoms with Crippen molar-refractivity contribution in [3.63, 3.8) is 0 Å². The lowest BCUT2D eigenvalue weighted by atomic mass is 9.82. The number of aromatic nitrogens is 4. The number of pyridine rings is 1. The molecule has 0 atom stereocenters. The fraction of sp³-hybridized carbons (Fsp3) is 0.0638. The van der Waals surface area contributed by atoms with Gasteiger partial charge in [-0.2, -0.15) is 0 Å². The van der Waals surface area contributed by atoms with E-state index in [1.54, 1.807) is 6.20 Å². The van der Waals surface area contributed by atoms with Crippen molar-refractivity contribution in [2.45, 2.75) is 19.3 Å². The molecule has 0 fully saturated rings. The zero-order valence-electron chi connectivity index (χ0n) is 29.1. The van der Waals surface area contributed by atoms with Gasteiger partial charge < -0.3 is 9.47 Å². The summed E-state index contributed by atoms with van der Waals surface area (Å²) in [6.45, 7) is 4.53. The fourth-order valence-electron chi connectivity index (χ4n) is 7.57. The number of hydrogen-bond acceptors (Lipinski definition) is 6. The molecule has 0 radical (unpaired) electrons. The van der Waals surface area contributed by atoms with Crippen LogP contribution in [0.3, 0.4) is 0 Å². The number of nitrogens with zero attached hydrogens (tertiary/aromatic N) is 4. The number of hydrogen-bond donors (Lipinski definition) is 0. The topological polar surface area (TPSA) is 70.0 Å². The largest absolute Gasteiger partial charge is 0.450 e. The van der Waals surface area contributed by atoms with Crippen LogP contribution in [-0.4, -0.2) is 19.9 Å². The Bertz CT molecular complexity index is 2710. The molecule has 3 heterocycles. The molecule has 1 aliphatic heterocycles. The van der Waals surface area contributed by atoms with E-state index in [9.17, 15) is 0 Å². The van der Waals surface area contributed by atoms with Crippen molar-refractivity contribution in [3.05, 3.63) is 169 Å². The first-order valence-corrected chi connectivity index (χ1v) is 17.7. The van der Waals surface area contributed by atoms with Crippen LogP contribution in [0.1, 0.15) is 25.0 Å². The van der Waals surface area contributed by atoms with E-state index in [-0.39, 0.29) is 5.41 Å². The molecular weight excluding hydrogens is 653 g/mol. The second-order valence-electron chi connectivity index (χ2n) is 13.9. The van der Waals surface area contributed by atoms with Crippen LogP contribution in [0.15, 0.2) is 158 Å². The van der Waals surface area contributed by atoms with E-state index in [4.69, 9.17) is 24.4 Å². The molecule has 0 bridgehead atoms. The van der Waals surface area contributed by atoms with Gasteiger partial charge in [-0.15, -0.1) is 0 Å². The van der Waals surface area contributed by atoms with Crippen molar-refractivity contribution in [1.29, 1.82) is 0 Å². The van der Waals surface area contributed by atoms with Crippen LogP contribution >= 0.6 is 0 Å². The zero-order valence-corrected chi connectivity index (χ0v) is 29.1. The Balaban J connectivity index is 1.06. The minimum Gasteiger partial charge on any atom is -0.450 e. The second kappa shape index (κ2) is 12.1. The molecular formula is C47H32N4O2. The second-order valence-corrected chi connectivity index (χ2v) is 13.9. The molecule has 53 heavy (non-hydrogen) atoms. The van der Waals surface area contributed by atoms with Crippen molar-refractivity contribution in [2.75, 3.05) is 0 Å². The normalized spacial score (nSPS) is 13.2. The fourth-order valence-corrected chi connectivity index (χ4v) is 7.57. The molecule has 2 aliphatic rings. The highest BCUT2D eigenvalue weighted by atomic mass is 16.6. The summed E-state index contributed by atoms with van der Waals surface area (Å²) >= 11 is 0. The summed E-state index contributed by atoms with van der Waals surface area (Å²) in [5, 5.41) is 0. The van der Waals surface area contributed by atoms with Crippen molar-refractivity contribution < 1.29 is 9.47 Å². The van der Waals surface area contributed by atoms with Crippen LogP contribution in [0.4, 0.5) is 0 Å². The predicted octanol–water partition coefficient (Wildman–Crippen LogP) is 11.8. The molecule has 0 saturated carbocycles. The highest BCUT2D eigenvalue weighted by Gasteiger charge is 2.37. The van der Waals surface area contributed by atoms with E-state index in [1.165, 1.54) is 22.3 Å². The van der Waals surface area contributed by atoms with E-state index >= 15 is 0 Å². The van der Waals surface area contributed by atoms with Gasteiger partial charge in [0.25, 0.3) is 0 Å². The van der Waals surface area contributed by atoms with Crippen molar-refractivity contribution >= 4 is 0 Å².